The Balaban J connectivity index is 2.05. The summed E-state index contributed by atoms with van der Waals surface area (Å²) in [5.41, 5.74) is 4.52. The van der Waals surface area contributed by atoms with Crippen LogP contribution in [0.25, 0.3) is 0 Å². The molecule has 0 radical (unpaired) electrons. The topological polar surface area (TPSA) is 52.6 Å². The summed E-state index contributed by atoms with van der Waals surface area (Å²) in [5.74, 6) is 0.293. The first-order valence-corrected chi connectivity index (χ1v) is 14.5. The summed E-state index contributed by atoms with van der Waals surface area (Å²) in [5, 5.41) is 0. The number of fused-ring (bicyclic) bond motifs is 3. The van der Waals surface area contributed by atoms with Crippen LogP contribution in [0.5, 0.6) is 11.5 Å². The van der Waals surface area contributed by atoms with Crippen LogP contribution in [0.1, 0.15) is 109 Å². The number of carbonyl (C=O) groups excluding carboxylic acids is 2. The van der Waals surface area contributed by atoms with Crippen LogP contribution < -0.4 is 9.47 Å². The highest BCUT2D eigenvalue weighted by atomic mass is 16.6. The molecule has 2 aromatic carbocycles. The third-order valence-corrected chi connectivity index (χ3v) is 8.93. The van der Waals surface area contributed by atoms with Gasteiger partial charge in [0, 0.05) is 16.5 Å². The molecule has 0 unspecified atom stereocenters. The van der Waals surface area contributed by atoms with Gasteiger partial charge in [0.2, 0.25) is 0 Å². The molecule has 0 bridgehead atoms. The van der Waals surface area contributed by atoms with Gasteiger partial charge in [-0.25, -0.2) is 0 Å². The van der Waals surface area contributed by atoms with Crippen molar-refractivity contribution in [2.24, 2.45) is 23.2 Å². The van der Waals surface area contributed by atoms with E-state index >= 15 is 0 Å². The Labute approximate surface area is 229 Å². The lowest BCUT2D eigenvalue weighted by atomic mass is 9.48. The lowest BCUT2D eigenvalue weighted by Crippen LogP contribution is -2.51. The lowest BCUT2D eigenvalue weighted by Gasteiger charge is -2.56. The fourth-order valence-corrected chi connectivity index (χ4v) is 7.01. The molecule has 0 aliphatic heterocycles. The summed E-state index contributed by atoms with van der Waals surface area (Å²) in [6.07, 6.45) is 6.23. The first-order valence-electron chi connectivity index (χ1n) is 14.5. The van der Waals surface area contributed by atoms with Gasteiger partial charge in [-0.05, 0) is 60.5 Å². The highest BCUT2D eigenvalue weighted by Crippen LogP contribution is 2.62. The highest BCUT2D eigenvalue weighted by molar-refractivity contribution is 5.80. The van der Waals surface area contributed by atoms with Crippen molar-refractivity contribution >= 4 is 11.9 Å². The molecule has 2 aliphatic rings. The summed E-state index contributed by atoms with van der Waals surface area (Å²) in [4.78, 5) is 26.3. The molecule has 206 valence electrons. The van der Waals surface area contributed by atoms with E-state index in [1.54, 1.807) is 0 Å². The monoisotopic (exact) mass is 518 g/mol. The smallest absolute Gasteiger partial charge is 0.313 e. The van der Waals surface area contributed by atoms with Gasteiger partial charge in [0.1, 0.15) is 0 Å². The van der Waals surface area contributed by atoms with Crippen molar-refractivity contribution in [2.45, 2.75) is 105 Å². The molecule has 2 aliphatic carbocycles. The van der Waals surface area contributed by atoms with Crippen LogP contribution in [0.15, 0.2) is 36.4 Å². The van der Waals surface area contributed by atoms with Gasteiger partial charge in [-0.2, -0.15) is 0 Å². The van der Waals surface area contributed by atoms with Gasteiger partial charge < -0.3 is 9.47 Å². The molecule has 0 heterocycles. The fraction of sp³-hybridized carbons (Fsp3) is 0.588. The molecule has 4 heteroatoms. The molecule has 0 saturated heterocycles. The summed E-state index contributed by atoms with van der Waals surface area (Å²) in [6, 6.07) is 13.0. The Morgan fingerprint density at radius 3 is 2.08 bits per heavy atom. The fourth-order valence-electron chi connectivity index (χ4n) is 7.01. The van der Waals surface area contributed by atoms with Crippen molar-refractivity contribution < 1.29 is 19.1 Å². The van der Waals surface area contributed by atoms with Gasteiger partial charge in [-0.1, -0.05) is 98.2 Å². The van der Waals surface area contributed by atoms with Crippen molar-refractivity contribution in [3.63, 3.8) is 0 Å². The minimum Gasteiger partial charge on any atom is -0.422 e. The van der Waals surface area contributed by atoms with Crippen LogP contribution in [0.3, 0.4) is 0 Å². The average Bonchev–Trinajstić information content (AvgIpc) is 2.84. The van der Waals surface area contributed by atoms with E-state index in [-0.39, 0.29) is 40.5 Å². The van der Waals surface area contributed by atoms with Gasteiger partial charge in [0.25, 0.3) is 0 Å². The van der Waals surface area contributed by atoms with Crippen molar-refractivity contribution in [3.05, 3.63) is 58.7 Å². The van der Waals surface area contributed by atoms with E-state index < -0.39 is 0 Å². The first kappa shape index (κ1) is 28.4. The zero-order valence-corrected chi connectivity index (χ0v) is 24.6. The minimum absolute atomic E-state index is 0.109. The van der Waals surface area contributed by atoms with Gasteiger partial charge in [0.05, 0.1) is 11.8 Å². The van der Waals surface area contributed by atoms with Crippen molar-refractivity contribution in [1.82, 2.24) is 0 Å². The van der Waals surface area contributed by atoms with Crippen LogP contribution in [-0.2, 0) is 27.8 Å². The maximum atomic E-state index is 13.2. The van der Waals surface area contributed by atoms with E-state index in [2.05, 4.69) is 64.1 Å². The van der Waals surface area contributed by atoms with E-state index in [9.17, 15) is 9.59 Å². The van der Waals surface area contributed by atoms with Crippen LogP contribution in [-0.4, -0.2) is 11.9 Å². The van der Waals surface area contributed by atoms with Crippen molar-refractivity contribution in [2.75, 3.05) is 0 Å². The number of ether oxygens (including phenoxy) is 2. The van der Waals surface area contributed by atoms with Crippen LogP contribution in [0, 0.1) is 23.2 Å². The number of hydrogen-bond donors (Lipinski definition) is 0. The normalized spacial score (nSPS) is 22.2. The molecule has 4 nitrogen and oxygen atoms in total. The molecule has 1 saturated carbocycles. The van der Waals surface area contributed by atoms with E-state index in [1.807, 2.05) is 27.7 Å². The SMILES string of the molecule is CC(C)C(=O)Oc1c(C(C)C)cc2c(c1OC(=O)C(C)C)[C@@]1(Cc3ccccc3)CCCC(C)(C)[C@@H]1CC2. The van der Waals surface area contributed by atoms with Crippen LogP contribution in [0.2, 0.25) is 0 Å². The molecule has 1 fully saturated rings. The second-order valence-electron chi connectivity index (χ2n) is 13.2. The molecule has 0 N–H and O–H groups in total. The standard InChI is InChI=1S/C34H46O4/c1-21(2)26-19-25-15-16-27-33(7,8)17-12-18-34(27,20-24-13-10-9-11-14-24)28(25)30(38-32(36)23(5)6)29(26)37-31(35)22(3)4/h9-11,13-14,19,21-23,27H,12,15-18,20H2,1-8H3/t27-,34+/m0/s1. The third-order valence-electron chi connectivity index (χ3n) is 8.93. The first-order chi connectivity index (χ1) is 17.9. The van der Waals surface area contributed by atoms with Gasteiger partial charge >= 0.3 is 11.9 Å². The summed E-state index contributed by atoms with van der Waals surface area (Å²) >= 11 is 0. The van der Waals surface area contributed by atoms with Crippen LogP contribution in [0.4, 0.5) is 0 Å². The molecule has 0 spiro atoms. The number of rotatable bonds is 7. The Morgan fingerprint density at radius 2 is 1.50 bits per heavy atom. The third kappa shape index (κ3) is 5.28. The Hall–Kier alpha value is -2.62. The molecular formula is C34H46O4. The molecule has 2 atom stereocenters. The molecule has 2 aromatic rings. The highest BCUT2D eigenvalue weighted by Gasteiger charge is 2.54. The maximum absolute atomic E-state index is 13.2. The number of hydrogen-bond acceptors (Lipinski definition) is 4. The second-order valence-corrected chi connectivity index (χ2v) is 13.2. The second kappa shape index (κ2) is 10.9. The maximum Gasteiger partial charge on any atom is 0.313 e. The average molecular weight is 519 g/mol. The number of esters is 2. The summed E-state index contributed by atoms with van der Waals surface area (Å²) in [7, 11) is 0. The Morgan fingerprint density at radius 1 is 0.895 bits per heavy atom. The molecule has 4 rings (SSSR count). The Kier molecular flexibility index (Phi) is 8.12. The van der Waals surface area contributed by atoms with Crippen molar-refractivity contribution in [1.29, 1.82) is 0 Å². The molecule has 0 aromatic heterocycles. The quantitative estimate of drug-likeness (QED) is 0.274. The largest absolute Gasteiger partial charge is 0.422 e. The number of aryl methyl sites for hydroxylation is 1. The minimum atomic E-state index is -0.304. The number of carbonyl (C=O) groups is 2. The summed E-state index contributed by atoms with van der Waals surface area (Å²) < 4.78 is 12.5. The predicted octanol–water partition coefficient (Wildman–Crippen LogP) is 8.19. The lowest BCUT2D eigenvalue weighted by molar-refractivity contribution is -0.140. The zero-order valence-electron chi connectivity index (χ0n) is 24.6. The van der Waals surface area contributed by atoms with Gasteiger partial charge in [-0.3, -0.25) is 9.59 Å². The van der Waals surface area contributed by atoms with E-state index in [1.165, 1.54) is 17.5 Å². The zero-order chi connectivity index (χ0) is 27.8. The molecule has 38 heavy (non-hydrogen) atoms. The van der Waals surface area contributed by atoms with E-state index in [4.69, 9.17) is 9.47 Å². The van der Waals surface area contributed by atoms with Gasteiger partial charge in [-0.15, -0.1) is 0 Å². The Bertz CT molecular complexity index is 1170. The van der Waals surface area contributed by atoms with E-state index in [0.717, 1.165) is 43.2 Å². The van der Waals surface area contributed by atoms with Crippen LogP contribution >= 0.6 is 0 Å². The predicted molar refractivity (Wildman–Crippen MR) is 153 cm³/mol. The van der Waals surface area contributed by atoms with E-state index in [0.29, 0.717) is 17.4 Å². The summed E-state index contributed by atoms with van der Waals surface area (Å²) in [6.45, 7) is 16.4. The molecular weight excluding hydrogens is 472 g/mol. The van der Waals surface area contributed by atoms with Gasteiger partial charge in [0.15, 0.2) is 11.5 Å². The molecule has 0 amide bonds. The number of benzene rings is 2. The van der Waals surface area contributed by atoms with Crippen molar-refractivity contribution in [3.8, 4) is 11.5 Å².